The van der Waals surface area contributed by atoms with Crippen molar-refractivity contribution < 1.29 is 21.1 Å². The fourth-order valence-corrected chi connectivity index (χ4v) is 0. The van der Waals surface area contributed by atoms with Crippen molar-refractivity contribution in [2.75, 3.05) is 0 Å². The van der Waals surface area contributed by atoms with Gasteiger partial charge in [0.2, 0.25) is 0 Å². The molecule has 50 valence electrons. The van der Waals surface area contributed by atoms with Crippen molar-refractivity contribution in [3.8, 4) is 0 Å². The van der Waals surface area contributed by atoms with E-state index < -0.39 is 8.07 Å². The fourth-order valence-electron chi connectivity index (χ4n) is 0. The van der Waals surface area contributed by atoms with Gasteiger partial charge in [0.1, 0.15) is 0 Å². The Morgan fingerprint density at radius 2 is 1.38 bits per heavy atom. The van der Waals surface area contributed by atoms with Crippen molar-refractivity contribution in [2.45, 2.75) is 25.7 Å². The summed E-state index contributed by atoms with van der Waals surface area (Å²) in [6, 6.07) is 1.16. The van der Waals surface area contributed by atoms with E-state index in [2.05, 4.69) is 26.6 Å². The van der Waals surface area contributed by atoms with E-state index in [9.17, 15) is 0 Å². The molecule has 0 saturated carbocycles. The average molecular weight is 300 g/mol. The maximum absolute atomic E-state index is 3.82. The molecule has 0 aromatic carbocycles. The number of rotatable bonds is 1. The Labute approximate surface area is 69.3 Å². The van der Waals surface area contributed by atoms with E-state index in [4.69, 9.17) is 0 Å². The zero-order valence-electron chi connectivity index (χ0n) is 6.32. The summed E-state index contributed by atoms with van der Waals surface area (Å²) in [6.45, 7) is 10.8. The molecular formula is C6H16SiW. The van der Waals surface area contributed by atoms with Crippen LogP contribution in [0.15, 0.2) is 0 Å². The maximum Gasteiger partial charge on any atom is 2.00 e. The molecule has 0 spiro atoms. The van der Waals surface area contributed by atoms with Gasteiger partial charge in [0.25, 0.3) is 0 Å². The van der Waals surface area contributed by atoms with Gasteiger partial charge in [-0.15, -0.1) is 0 Å². The number of hydrogen-bond acceptors (Lipinski definition) is 0. The minimum atomic E-state index is -0.742. The molecule has 0 saturated heterocycles. The Morgan fingerprint density at radius 3 is 1.38 bits per heavy atom. The Hall–Kier alpha value is 0.905. The molecule has 0 atom stereocenters. The third-order valence-corrected chi connectivity index (χ3v) is 2.25. The van der Waals surface area contributed by atoms with Gasteiger partial charge in [-0.25, -0.2) is 0 Å². The molecule has 8 heavy (non-hydrogen) atoms. The largest absolute Gasteiger partial charge is 2.00 e. The van der Waals surface area contributed by atoms with Crippen molar-refractivity contribution in [3.63, 3.8) is 0 Å². The molecule has 0 fully saturated rings. The van der Waals surface area contributed by atoms with Crippen LogP contribution in [0.25, 0.3) is 0 Å². The summed E-state index contributed by atoms with van der Waals surface area (Å²) in [4.78, 5) is 0. The van der Waals surface area contributed by atoms with Crippen LogP contribution in [-0.4, -0.2) is 8.07 Å². The van der Waals surface area contributed by atoms with Crippen molar-refractivity contribution in [2.24, 2.45) is 0 Å². The molecule has 0 N–H and O–H groups in total. The first kappa shape index (κ1) is 16.0. The van der Waals surface area contributed by atoms with Crippen LogP contribution in [0.3, 0.4) is 0 Å². The van der Waals surface area contributed by atoms with Gasteiger partial charge in [-0.3, -0.25) is 0 Å². The van der Waals surface area contributed by atoms with Gasteiger partial charge in [-0.1, -0.05) is 19.6 Å². The minimum Gasteiger partial charge on any atom is -0.358 e. The smallest absolute Gasteiger partial charge is 0.358 e. The van der Waals surface area contributed by atoms with Gasteiger partial charge in [0.15, 0.2) is 0 Å². The molecule has 0 amide bonds. The molecule has 0 aromatic rings. The van der Waals surface area contributed by atoms with Crippen LogP contribution < -0.4 is 0 Å². The third kappa shape index (κ3) is 15.8. The van der Waals surface area contributed by atoms with Gasteiger partial charge in [0.05, 0.1) is 0 Å². The zero-order chi connectivity index (χ0) is 5.21. The maximum atomic E-state index is 3.82. The van der Waals surface area contributed by atoms with Crippen LogP contribution in [0, 0.1) is 14.4 Å². The normalized spacial score (nSPS) is 9.00. The first-order valence-corrected chi connectivity index (χ1v) is 6.06. The van der Waals surface area contributed by atoms with Gasteiger partial charge in [-0.2, -0.15) is 6.04 Å². The van der Waals surface area contributed by atoms with Gasteiger partial charge >= 0.3 is 21.1 Å². The Bertz CT molecular complexity index is 38.3. The van der Waals surface area contributed by atoms with Crippen LogP contribution in [-0.2, 0) is 21.1 Å². The standard InChI is InChI=1S/C5H13Si.CH3.W/c1-5-6(2,3)4;;/h1,5H2,2-4H3;1H3;/q2*-1;+2. The SMILES string of the molecule is [CH2-]C[Si](C)(C)C.[CH3-].[W+2]. The molecule has 0 aliphatic rings. The summed E-state index contributed by atoms with van der Waals surface area (Å²) in [5, 5.41) is 0. The first-order chi connectivity index (χ1) is 2.56. The minimum absolute atomic E-state index is 0. The molecule has 0 heterocycles. The summed E-state index contributed by atoms with van der Waals surface area (Å²) < 4.78 is 0. The van der Waals surface area contributed by atoms with Crippen LogP contribution in [0.1, 0.15) is 0 Å². The van der Waals surface area contributed by atoms with Crippen LogP contribution in [0.5, 0.6) is 0 Å². The Morgan fingerprint density at radius 1 is 1.25 bits per heavy atom. The summed E-state index contributed by atoms with van der Waals surface area (Å²) in [5.74, 6) is 0. The number of hydrogen-bond donors (Lipinski definition) is 0. The Balaban J connectivity index is -0.000000125. The molecule has 0 bridgehead atoms. The van der Waals surface area contributed by atoms with Gasteiger partial charge < -0.3 is 14.4 Å². The van der Waals surface area contributed by atoms with Gasteiger partial charge in [0, 0.05) is 8.07 Å². The predicted octanol–water partition coefficient (Wildman–Crippen LogP) is 2.61. The average Bonchev–Trinajstić information content (AvgIpc) is 1.35. The molecule has 0 aliphatic heterocycles. The second-order valence-corrected chi connectivity index (χ2v) is 8.43. The first-order valence-electron chi connectivity index (χ1n) is 2.35. The van der Waals surface area contributed by atoms with Crippen LogP contribution in [0.2, 0.25) is 25.7 Å². The molecule has 0 aliphatic carbocycles. The van der Waals surface area contributed by atoms with E-state index in [1.54, 1.807) is 0 Å². The zero-order valence-corrected chi connectivity index (χ0v) is 10.3. The second-order valence-electron chi connectivity index (χ2n) is 2.81. The molecule has 0 nitrogen and oxygen atoms in total. The van der Waals surface area contributed by atoms with Crippen molar-refractivity contribution >= 4 is 8.07 Å². The predicted molar refractivity (Wildman–Crippen MR) is 39.9 cm³/mol. The van der Waals surface area contributed by atoms with E-state index in [1.165, 1.54) is 0 Å². The molecular weight excluding hydrogens is 284 g/mol. The molecule has 0 unspecified atom stereocenters. The summed E-state index contributed by atoms with van der Waals surface area (Å²) >= 11 is 0. The van der Waals surface area contributed by atoms with E-state index in [-0.39, 0.29) is 28.5 Å². The molecule has 2 heteroatoms. The van der Waals surface area contributed by atoms with E-state index >= 15 is 0 Å². The van der Waals surface area contributed by atoms with Crippen LogP contribution in [0.4, 0.5) is 0 Å². The van der Waals surface area contributed by atoms with E-state index in [0.29, 0.717) is 0 Å². The summed E-state index contributed by atoms with van der Waals surface area (Å²) in [7, 11) is -0.742. The third-order valence-electron chi connectivity index (χ3n) is 0.750. The monoisotopic (exact) mass is 300 g/mol. The molecule has 0 rings (SSSR count). The van der Waals surface area contributed by atoms with E-state index in [1.807, 2.05) is 0 Å². The molecule has 0 radical (unpaired) electrons. The van der Waals surface area contributed by atoms with Crippen molar-refractivity contribution in [3.05, 3.63) is 14.4 Å². The quantitative estimate of drug-likeness (QED) is 0.516. The van der Waals surface area contributed by atoms with Crippen molar-refractivity contribution in [1.82, 2.24) is 0 Å². The second kappa shape index (κ2) is 6.03. The molecule has 0 aromatic heterocycles. The Kier molecular flexibility index (Phi) is 12.0. The fraction of sp³-hybridized carbons (Fsp3) is 0.667. The summed E-state index contributed by atoms with van der Waals surface area (Å²) in [6.07, 6.45) is 0. The van der Waals surface area contributed by atoms with E-state index in [0.717, 1.165) is 6.04 Å². The van der Waals surface area contributed by atoms with Gasteiger partial charge in [-0.05, 0) is 0 Å². The van der Waals surface area contributed by atoms with Crippen molar-refractivity contribution in [1.29, 1.82) is 0 Å². The van der Waals surface area contributed by atoms with Crippen LogP contribution >= 0.6 is 0 Å². The summed E-state index contributed by atoms with van der Waals surface area (Å²) in [5.41, 5.74) is 0. The topological polar surface area (TPSA) is 0 Å².